The van der Waals surface area contributed by atoms with E-state index in [1.165, 1.54) is 4.31 Å². The molecule has 0 fully saturated rings. The van der Waals surface area contributed by atoms with Crippen LogP contribution in [0.1, 0.15) is 30.0 Å². The highest BCUT2D eigenvalue weighted by Gasteiger charge is 2.31. The van der Waals surface area contributed by atoms with E-state index < -0.39 is 16.1 Å². The number of carbonyl (C=O) groups excluding carboxylic acids is 1. The molecule has 0 aromatic heterocycles. The van der Waals surface area contributed by atoms with Gasteiger partial charge in [-0.1, -0.05) is 31.2 Å². The highest BCUT2D eigenvalue weighted by Crippen LogP contribution is 2.25. The van der Waals surface area contributed by atoms with E-state index in [4.69, 9.17) is 0 Å². The monoisotopic (exact) mass is 374 g/mol. The Morgan fingerprint density at radius 1 is 1.08 bits per heavy atom. The van der Waals surface area contributed by atoms with Crippen molar-refractivity contribution < 1.29 is 13.2 Å². The first-order valence-corrected chi connectivity index (χ1v) is 10.4. The summed E-state index contributed by atoms with van der Waals surface area (Å²) in [7, 11) is -3.63. The van der Waals surface area contributed by atoms with Crippen molar-refractivity contribution in [3.63, 3.8) is 0 Å². The van der Waals surface area contributed by atoms with E-state index in [0.29, 0.717) is 17.8 Å². The number of benzene rings is 2. The Kier molecular flexibility index (Phi) is 6.08. The smallest absolute Gasteiger partial charge is 0.248 e. The number of carbonyl (C=O) groups is 1. The molecule has 0 spiro atoms. The number of amides is 1. The molecular weight excluding hydrogens is 348 g/mol. The van der Waals surface area contributed by atoms with E-state index in [1.54, 1.807) is 25.1 Å². The van der Waals surface area contributed by atoms with Crippen molar-refractivity contribution in [3.8, 4) is 0 Å². The van der Waals surface area contributed by atoms with Crippen molar-refractivity contribution in [1.29, 1.82) is 0 Å². The van der Waals surface area contributed by atoms with Gasteiger partial charge in [0, 0.05) is 5.69 Å². The number of hydrogen-bond donors (Lipinski definition) is 1. The molecule has 2 aromatic carbocycles. The second-order valence-corrected chi connectivity index (χ2v) is 8.49. The van der Waals surface area contributed by atoms with Gasteiger partial charge in [0.05, 0.1) is 11.9 Å². The molecule has 0 aliphatic carbocycles. The maximum atomic E-state index is 12.9. The van der Waals surface area contributed by atoms with Gasteiger partial charge in [-0.15, -0.1) is 0 Å². The molecule has 5 nitrogen and oxygen atoms in total. The third-order valence-corrected chi connectivity index (χ3v) is 5.42. The molecule has 0 radical (unpaired) electrons. The summed E-state index contributed by atoms with van der Waals surface area (Å²) < 4.78 is 26.1. The van der Waals surface area contributed by atoms with Crippen LogP contribution in [0.25, 0.3) is 0 Å². The Labute approximate surface area is 156 Å². The molecule has 0 bridgehead atoms. The van der Waals surface area contributed by atoms with Crippen molar-refractivity contribution >= 4 is 27.3 Å². The SMILES string of the molecule is CC[C@@H](C(=O)Nc1cc(C)ccc1C)N(c1cccc(C)c1)S(C)(=O)=O. The van der Waals surface area contributed by atoms with E-state index in [0.717, 1.165) is 22.9 Å². The lowest BCUT2D eigenvalue weighted by Gasteiger charge is -2.30. The summed E-state index contributed by atoms with van der Waals surface area (Å²) >= 11 is 0. The van der Waals surface area contributed by atoms with E-state index in [2.05, 4.69) is 5.32 Å². The molecule has 0 aliphatic rings. The predicted molar refractivity (Wildman–Crippen MR) is 107 cm³/mol. The normalized spacial score (nSPS) is 12.5. The molecule has 1 N–H and O–H groups in total. The minimum Gasteiger partial charge on any atom is -0.324 e. The van der Waals surface area contributed by atoms with Crippen LogP contribution in [0.2, 0.25) is 0 Å². The van der Waals surface area contributed by atoms with Crippen molar-refractivity contribution in [3.05, 3.63) is 59.2 Å². The third-order valence-electron chi connectivity index (χ3n) is 4.24. The Balaban J connectivity index is 2.41. The summed E-state index contributed by atoms with van der Waals surface area (Å²) in [6.07, 6.45) is 1.49. The van der Waals surface area contributed by atoms with Gasteiger partial charge in [-0.3, -0.25) is 9.10 Å². The number of nitrogens with zero attached hydrogens (tertiary/aromatic N) is 1. The van der Waals surface area contributed by atoms with Crippen molar-refractivity contribution in [2.45, 2.75) is 40.2 Å². The second-order valence-electron chi connectivity index (χ2n) is 6.63. The molecule has 1 atom stereocenters. The maximum absolute atomic E-state index is 12.9. The zero-order chi connectivity index (χ0) is 19.5. The van der Waals surface area contributed by atoms with Crippen LogP contribution < -0.4 is 9.62 Å². The second kappa shape index (κ2) is 7.91. The molecule has 2 aromatic rings. The fourth-order valence-corrected chi connectivity index (χ4v) is 4.12. The van der Waals surface area contributed by atoms with E-state index in [9.17, 15) is 13.2 Å². The van der Waals surface area contributed by atoms with Gasteiger partial charge in [-0.2, -0.15) is 0 Å². The Morgan fingerprint density at radius 3 is 2.31 bits per heavy atom. The van der Waals surface area contributed by atoms with E-state index in [-0.39, 0.29) is 5.91 Å². The zero-order valence-corrected chi connectivity index (χ0v) is 16.7. The van der Waals surface area contributed by atoms with Crippen molar-refractivity contribution in [2.24, 2.45) is 0 Å². The largest absolute Gasteiger partial charge is 0.324 e. The lowest BCUT2D eigenvalue weighted by Crippen LogP contribution is -2.47. The van der Waals surface area contributed by atoms with Crippen LogP contribution in [0.5, 0.6) is 0 Å². The summed E-state index contributed by atoms with van der Waals surface area (Å²) in [5.41, 5.74) is 4.08. The van der Waals surface area contributed by atoms with Crippen LogP contribution in [0.3, 0.4) is 0 Å². The summed E-state index contributed by atoms with van der Waals surface area (Å²) in [5.74, 6) is -0.340. The van der Waals surface area contributed by atoms with Crippen LogP contribution >= 0.6 is 0 Å². The Bertz CT molecular complexity index is 907. The van der Waals surface area contributed by atoms with Crippen molar-refractivity contribution in [1.82, 2.24) is 0 Å². The number of anilines is 2. The van der Waals surface area contributed by atoms with Gasteiger partial charge in [0.1, 0.15) is 6.04 Å². The molecule has 6 heteroatoms. The van der Waals surface area contributed by atoms with Gasteiger partial charge in [0.2, 0.25) is 15.9 Å². The molecule has 0 saturated heterocycles. The van der Waals surface area contributed by atoms with E-state index >= 15 is 0 Å². The van der Waals surface area contributed by atoms with Gasteiger partial charge in [-0.05, 0) is 62.1 Å². The molecule has 26 heavy (non-hydrogen) atoms. The van der Waals surface area contributed by atoms with Crippen LogP contribution in [0, 0.1) is 20.8 Å². The summed E-state index contributed by atoms with van der Waals surface area (Å²) in [5, 5.41) is 2.89. The van der Waals surface area contributed by atoms with Gasteiger partial charge in [0.15, 0.2) is 0 Å². The maximum Gasteiger partial charge on any atom is 0.248 e. The Hall–Kier alpha value is -2.34. The lowest BCUT2D eigenvalue weighted by atomic mass is 10.1. The van der Waals surface area contributed by atoms with E-state index in [1.807, 2.05) is 45.0 Å². The summed E-state index contributed by atoms with van der Waals surface area (Å²) in [6, 6.07) is 12.1. The van der Waals surface area contributed by atoms with Crippen LogP contribution in [0.4, 0.5) is 11.4 Å². The highest BCUT2D eigenvalue weighted by molar-refractivity contribution is 7.92. The molecule has 0 aliphatic heterocycles. The van der Waals surface area contributed by atoms with Gasteiger partial charge >= 0.3 is 0 Å². The first-order chi connectivity index (χ1) is 12.1. The Morgan fingerprint density at radius 2 is 1.73 bits per heavy atom. The first kappa shape index (κ1) is 20.0. The van der Waals surface area contributed by atoms with Crippen LogP contribution in [-0.2, 0) is 14.8 Å². The number of sulfonamides is 1. The quantitative estimate of drug-likeness (QED) is 0.836. The fourth-order valence-electron chi connectivity index (χ4n) is 2.91. The summed E-state index contributed by atoms with van der Waals surface area (Å²) in [4.78, 5) is 12.9. The average molecular weight is 375 g/mol. The number of hydrogen-bond acceptors (Lipinski definition) is 3. The topological polar surface area (TPSA) is 66.5 Å². The predicted octanol–water partition coefficient (Wildman–Crippen LogP) is 3.80. The third kappa shape index (κ3) is 4.64. The zero-order valence-electron chi connectivity index (χ0n) is 15.9. The first-order valence-electron chi connectivity index (χ1n) is 8.57. The number of aryl methyl sites for hydroxylation is 3. The van der Waals surface area contributed by atoms with Crippen LogP contribution in [-0.4, -0.2) is 26.6 Å². The van der Waals surface area contributed by atoms with Gasteiger partial charge in [-0.25, -0.2) is 8.42 Å². The highest BCUT2D eigenvalue weighted by atomic mass is 32.2. The molecule has 0 heterocycles. The minimum absolute atomic E-state index is 0.340. The average Bonchev–Trinajstić information content (AvgIpc) is 2.54. The lowest BCUT2D eigenvalue weighted by molar-refractivity contribution is -0.117. The number of nitrogens with one attached hydrogen (secondary N) is 1. The number of rotatable bonds is 6. The standard InChI is InChI=1S/C20H26N2O3S/c1-6-19(20(23)21-18-13-15(3)10-11-16(18)4)22(26(5,24)25)17-9-7-8-14(2)12-17/h7-13,19H,6H2,1-5H3,(H,21,23)/t19-/m0/s1. The molecule has 1 amide bonds. The minimum atomic E-state index is -3.63. The summed E-state index contributed by atoms with van der Waals surface area (Å²) in [6.45, 7) is 7.55. The molecule has 140 valence electrons. The van der Waals surface area contributed by atoms with Gasteiger partial charge in [0.25, 0.3) is 0 Å². The molecule has 0 unspecified atom stereocenters. The molecule has 0 saturated carbocycles. The molecule has 2 rings (SSSR count). The van der Waals surface area contributed by atoms with Crippen molar-refractivity contribution in [2.75, 3.05) is 15.9 Å². The fraction of sp³-hybridized carbons (Fsp3) is 0.350. The molecular formula is C20H26N2O3S. The van der Waals surface area contributed by atoms with Gasteiger partial charge < -0.3 is 5.32 Å². The van der Waals surface area contributed by atoms with Crippen LogP contribution in [0.15, 0.2) is 42.5 Å².